The summed E-state index contributed by atoms with van der Waals surface area (Å²) in [5, 5.41) is 0. The molecule has 0 N–H and O–H groups in total. The van der Waals surface area contributed by atoms with Gasteiger partial charge in [-0.1, -0.05) is 118 Å². The molecule has 3 heteroatoms. The molecule has 0 heterocycles. The van der Waals surface area contributed by atoms with Crippen molar-refractivity contribution in [3.8, 4) is 0 Å². The highest BCUT2D eigenvalue weighted by molar-refractivity contribution is 6.68. The normalized spacial score (nSPS) is 13.3. The number of hydrogen-bond acceptors (Lipinski definition) is 0. The van der Waals surface area contributed by atoms with Gasteiger partial charge >= 0.3 is 0 Å². The van der Waals surface area contributed by atoms with Crippen LogP contribution in [0.4, 0.5) is 0 Å². The zero-order chi connectivity index (χ0) is 16.4. The third-order valence-electron chi connectivity index (χ3n) is 4.16. The summed E-state index contributed by atoms with van der Waals surface area (Å²) in [6.07, 6.45) is 10.8. The summed E-state index contributed by atoms with van der Waals surface area (Å²) >= 11 is 18.7. The summed E-state index contributed by atoms with van der Waals surface area (Å²) in [7, 11) is 0. The monoisotopic (exact) mass is 362 g/mol. The number of hydrogen-bond donors (Lipinski definition) is 0. The van der Waals surface area contributed by atoms with Crippen LogP contribution in [-0.4, -0.2) is 3.79 Å². The molecule has 1 unspecified atom stereocenters. The minimum absolute atomic E-state index is 0.0145. The molecule has 0 saturated heterocycles. The highest BCUT2D eigenvalue weighted by Gasteiger charge is 2.33. The number of aryl methyl sites for hydroxylation is 1. The Morgan fingerprint density at radius 1 is 0.818 bits per heavy atom. The van der Waals surface area contributed by atoms with Crippen LogP contribution in [0.2, 0.25) is 0 Å². The molecule has 0 nitrogen and oxygen atoms in total. The molecule has 1 aromatic rings. The molecule has 0 aliphatic rings. The Labute approximate surface area is 151 Å². The molecule has 1 atom stereocenters. The fraction of sp³-hybridized carbons (Fsp3) is 0.684. The van der Waals surface area contributed by atoms with E-state index in [0.29, 0.717) is 0 Å². The molecule has 0 aliphatic carbocycles. The van der Waals surface area contributed by atoms with Crippen LogP contribution in [0.25, 0.3) is 0 Å². The largest absolute Gasteiger partial charge is 0.197 e. The van der Waals surface area contributed by atoms with Crippen molar-refractivity contribution in [1.29, 1.82) is 0 Å². The van der Waals surface area contributed by atoms with E-state index in [0.717, 1.165) is 31.2 Å². The van der Waals surface area contributed by atoms with E-state index < -0.39 is 3.79 Å². The molecule has 0 aromatic heterocycles. The molecule has 22 heavy (non-hydrogen) atoms. The van der Waals surface area contributed by atoms with Gasteiger partial charge in [0.25, 0.3) is 0 Å². The first kappa shape index (κ1) is 20.1. The summed E-state index contributed by atoms with van der Waals surface area (Å²) in [4.78, 5) is 0. The van der Waals surface area contributed by atoms with E-state index in [1.807, 2.05) is 0 Å². The maximum atomic E-state index is 6.23. The fourth-order valence-corrected chi connectivity index (χ4v) is 3.56. The first-order chi connectivity index (χ1) is 10.5. The number of unbranched alkanes of at least 4 members (excludes halogenated alkanes) is 5. The van der Waals surface area contributed by atoms with E-state index in [4.69, 9.17) is 34.8 Å². The van der Waals surface area contributed by atoms with Gasteiger partial charge in [-0.3, -0.25) is 0 Å². The summed E-state index contributed by atoms with van der Waals surface area (Å²) < 4.78 is -1.23. The van der Waals surface area contributed by atoms with Gasteiger partial charge in [0.15, 0.2) is 3.79 Å². The second-order valence-electron chi connectivity index (χ2n) is 6.14. The van der Waals surface area contributed by atoms with Crippen LogP contribution in [0.15, 0.2) is 24.3 Å². The third-order valence-corrected chi connectivity index (χ3v) is 4.95. The Morgan fingerprint density at radius 2 is 1.41 bits per heavy atom. The standard InChI is InChI=1S/C19H29Cl3/c1-3-5-6-7-8-9-11-18(19(20,21)22)17-14-12-16(10-4-2)13-15-17/h12-15,18H,3-11H2,1-2H3. The molecule has 0 amide bonds. The zero-order valence-electron chi connectivity index (χ0n) is 13.9. The van der Waals surface area contributed by atoms with Gasteiger partial charge < -0.3 is 0 Å². The fourth-order valence-electron chi connectivity index (χ4n) is 2.85. The molecule has 0 spiro atoms. The van der Waals surface area contributed by atoms with Crippen LogP contribution in [0.3, 0.4) is 0 Å². The molecule has 0 radical (unpaired) electrons. The topological polar surface area (TPSA) is 0 Å². The molecule has 1 aromatic carbocycles. The number of halogens is 3. The zero-order valence-corrected chi connectivity index (χ0v) is 16.2. The lowest BCUT2D eigenvalue weighted by Crippen LogP contribution is -2.17. The average Bonchev–Trinajstić information content (AvgIpc) is 2.47. The predicted molar refractivity (Wildman–Crippen MR) is 101 cm³/mol. The molecule has 1 rings (SSSR count). The summed E-state index contributed by atoms with van der Waals surface area (Å²) in [5.74, 6) is -0.0145. The van der Waals surface area contributed by atoms with Crippen molar-refractivity contribution in [2.45, 2.75) is 81.3 Å². The van der Waals surface area contributed by atoms with E-state index in [1.165, 1.54) is 37.7 Å². The quantitative estimate of drug-likeness (QED) is 0.293. The van der Waals surface area contributed by atoms with Gasteiger partial charge in [0.05, 0.1) is 0 Å². The van der Waals surface area contributed by atoms with Crippen molar-refractivity contribution in [3.05, 3.63) is 35.4 Å². The second-order valence-corrected chi connectivity index (χ2v) is 8.51. The van der Waals surface area contributed by atoms with Crippen molar-refractivity contribution < 1.29 is 0 Å². The van der Waals surface area contributed by atoms with Crippen molar-refractivity contribution in [3.63, 3.8) is 0 Å². The predicted octanol–water partition coefficient (Wildman–Crippen LogP) is 7.84. The van der Waals surface area contributed by atoms with Crippen LogP contribution in [0, 0.1) is 0 Å². The minimum Gasteiger partial charge on any atom is -0.0830 e. The maximum absolute atomic E-state index is 6.23. The number of benzene rings is 1. The van der Waals surface area contributed by atoms with E-state index in [1.54, 1.807) is 0 Å². The maximum Gasteiger partial charge on any atom is 0.197 e. The van der Waals surface area contributed by atoms with Gasteiger partial charge in [-0.15, -0.1) is 0 Å². The van der Waals surface area contributed by atoms with E-state index in [-0.39, 0.29) is 5.92 Å². The Morgan fingerprint density at radius 3 is 1.95 bits per heavy atom. The SMILES string of the molecule is CCCCCCCCC(c1ccc(CCC)cc1)C(Cl)(Cl)Cl. The summed E-state index contributed by atoms with van der Waals surface area (Å²) in [6.45, 7) is 4.43. The summed E-state index contributed by atoms with van der Waals surface area (Å²) in [6, 6.07) is 8.61. The van der Waals surface area contributed by atoms with E-state index >= 15 is 0 Å². The highest BCUT2D eigenvalue weighted by Crippen LogP contribution is 2.44. The molecule has 126 valence electrons. The van der Waals surface area contributed by atoms with Crippen molar-refractivity contribution in [2.75, 3.05) is 0 Å². The minimum atomic E-state index is -1.23. The van der Waals surface area contributed by atoms with Crippen LogP contribution < -0.4 is 0 Å². The smallest absolute Gasteiger partial charge is 0.0830 e. The van der Waals surface area contributed by atoms with Crippen LogP contribution in [0.5, 0.6) is 0 Å². The first-order valence-corrected chi connectivity index (χ1v) is 9.78. The average molecular weight is 364 g/mol. The van der Waals surface area contributed by atoms with Gasteiger partial charge in [0.2, 0.25) is 0 Å². The van der Waals surface area contributed by atoms with Crippen molar-refractivity contribution in [1.82, 2.24) is 0 Å². The Kier molecular flexibility index (Phi) is 9.87. The molecule has 0 saturated carbocycles. The van der Waals surface area contributed by atoms with Gasteiger partial charge in [-0.25, -0.2) is 0 Å². The van der Waals surface area contributed by atoms with Crippen molar-refractivity contribution >= 4 is 34.8 Å². The van der Waals surface area contributed by atoms with Crippen molar-refractivity contribution in [2.24, 2.45) is 0 Å². The Bertz CT molecular complexity index is 392. The lowest BCUT2D eigenvalue weighted by molar-refractivity contribution is 0.542. The van der Waals surface area contributed by atoms with Gasteiger partial charge in [-0.2, -0.15) is 0 Å². The van der Waals surface area contributed by atoms with Gasteiger partial charge in [0.1, 0.15) is 0 Å². The Balaban J connectivity index is 2.57. The Hall–Kier alpha value is 0.0900. The molecule has 0 aliphatic heterocycles. The van der Waals surface area contributed by atoms with Crippen LogP contribution >= 0.6 is 34.8 Å². The third kappa shape index (κ3) is 7.57. The van der Waals surface area contributed by atoms with Crippen LogP contribution in [-0.2, 0) is 6.42 Å². The first-order valence-electron chi connectivity index (χ1n) is 8.64. The molecule has 0 fully saturated rings. The lowest BCUT2D eigenvalue weighted by Gasteiger charge is -2.25. The lowest BCUT2D eigenvalue weighted by atomic mass is 9.93. The molecular weight excluding hydrogens is 335 g/mol. The second kappa shape index (κ2) is 10.8. The van der Waals surface area contributed by atoms with Crippen LogP contribution in [0.1, 0.15) is 82.3 Å². The molecule has 0 bridgehead atoms. The van der Waals surface area contributed by atoms with Gasteiger partial charge in [-0.05, 0) is 24.0 Å². The van der Waals surface area contributed by atoms with E-state index in [2.05, 4.69) is 38.1 Å². The number of rotatable bonds is 10. The van der Waals surface area contributed by atoms with Gasteiger partial charge in [0, 0.05) is 5.92 Å². The van der Waals surface area contributed by atoms with E-state index in [9.17, 15) is 0 Å². The molecular formula is C19H29Cl3. The highest BCUT2D eigenvalue weighted by atomic mass is 35.6. The number of alkyl halides is 3. The summed E-state index contributed by atoms with van der Waals surface area (Å²) in [5.41, 5.74) is 2.50.